The van der Waals surface area contributed by atoms with E-state index in [-0.39, 0.29) is 11.5 Å². The van der Waals surface area contributed by atoms with E-state index in [2.05, 4.69) is 20.3 Å². The number of hydrogen-bond donors (Lipinski definition) is 3. The third-order valence-corrected chi connectivity index (χ3v) is 2.25. The summed E-state index contributed by atoms with van der Waals surface area (Å²) in [6.07, 6.45) is 4.63. The summed E-state index contributed by atoms with van der Waals surface area (Å²) >= 11 is 0. The van der Waals surface area contributed by atoms with Crippen LogP contribution in [0.1, 0.15) is 5.69 Å². The summed E-state index contributed by atoms with van der Waals surface area (Å²) in [6.45, 7) is 1.54. The van der Waals surface area contributed by atoms with E-state index in [1.54, 1.807) is 18.1 Å². The normalized spacial score (nSPS) is 11.0. The van der Waals surface area contributed by atoms with Gasteiger partial charge >= 0.3 is 0 Å². The second-order valence-corrected chi connectivity index (χ2v) is 3.53. The van der Waals surface area contributed by atoms with Crippen molar-refractivity contribution in [1.82, 2.24) is 20.2 Å². The van der Waals surface area contributed by atoms with Gasteiger partial charge in [-0.25, -0.2) is 0 Å². The average Bonchev–Trinajstić information content (AvgIpc) is 2.36. The third-order valence-electron chi connectivity index (χ3n) is 2.25. The molecule has 0 spiro atoms. The number of aromatic nitrogens is 2. The number of nitrogens with zero attached hydrogens (tertiary/aromatic N) is 4. The number of rotatable bonds is 5. The summed E-state index contributed by atoms with van der Waals surface area (Å²) in [7, 11) is 1.73. The Bertz CT molecular complexity index is 501. The Balaban J connectivity index is 2.32. The summed E-state index contributed by atoms with van der Waals surface area (Å²) in [6, 6.07) is 0. The molecule has 0 atom stereocenters. The summed E-state index contributed by atoms with van der Waals surface area (Å²) in [5.74, 6) is 0.162. The van der Waals surface area contributed by atoms with Crippen molar-refractivity contribution in [1.29, 1.82) is 5.26 Å². The molecule has 0 saturated carbocycles. The number of aliphatic imine (C=N–C) groups is 1. The molecule has 1 aromatic heterocycles. The number of guanidine groups is 1. The average molecular weight is 249 g/mol. The first-order chi connectivity index (χ1) is 8.65. The van der Waals surface area contributed by atoms with E-state index in [4.69, 9.17) is 11.0 Å². The van der Waals surface area contributed by atoms with Crippen LogP contribution in [0, 0.1) is 11.5 Å². The molecule has 0 bridgehead atoms. The van der Waals surface area contributed by atoms with Gasteiger partial charge in [-0.15, -0.1) is 4.99 Å². The monoisotopic (exact) mass is 249 g/mol. The van der Waals surface area contributed by atoms with Gasteiger partial charge in [-0.3, -0.25) is 9.78 Å². The molecule has 4 N–H and O–H groups in total. The van der Waals surface area contributed by atoms with Crippen molar-refractivity contribution in [3.05, 3.63) is 28.4 Å². The molecule has 0 saturated heterocycles. The maximum absolute atomic E-state index is 11.3. The number of nitrogens with two attached hydrogens (primary N) is 1. The van der Waals surface area contributed by atoms with E-state index in [0.717, 1.165) is 0 Å². The lowest BCUT2D eigenvalue weighted by Gasteiger charge is -2.16. The van der Waals surface area contributed by atoms with Gasteiger partial charge in [-0.1, -0.05) is 0 Å². The topological polar surface area (TPSA) is 123 Å². The van der Waals surface area contributed by atoms with Crippen LogP contribution in [0.15, 0.2) is 22.2 Å². The lowest BCUT2D eigenvalue weighted by Crippen LogP contribution is -2.38. The quantitative estimate of drug-likeness (QED) is 0.255. The zero-order chi connectivity index (χ0) is 13.4. The molecule has 0 fully saturated rings. The Hall–Kier alpha value is -2.40. The standard InChI is InChI=1S/C10H15N7O/c1-17(10(12)16-7-11)5-4-13-6-8-9(18)15-3-2-14-8/h2-3,13H,4-6H2,1H3,(H2,12,16)(H,15,18). The van der Waals surface area contributed by atoms with Gasteiger partial charge in [0.05, 0.1) is 0 Å². The van der Waals surface area contributed by atoms with E-state index in [1.807, 2.05) is 0 Å². The Kier molecular flexibility index (Phi) is 5.34. The first-order valence-electron chi connectivity index (χ1n) is 5.32. The molecule has 0 unspecified atom stereocenters. The highest BCUT2D eigenvalue weighted by molar-refractivity contribution is 5.78. The Morgan fingerprint density at radius 1 is 1.78 bits per heavy atom. The van der Waals surface area contributed by atoms with Gasteiger partial charge in [0.15, 0.2) is 0 Å². The smallest absolute Gasteiger partial charge is 0.270 e. The third kappa shape index (κ3) is 4.23. The molecule has 0 aliphatic carbocycles. The van der Waals surface area contributed by atoms with Crippen molar-refractivity contribution in [2.24, 2.45) is 10.7 Å². The maximum Gasteiger partial charge on any atom is 0.270 e. The van der Waals surface area contributed by atoms with Gasteiger partial charge in [0.25, 0.3) is 5.56 Å². The molecule has 0 aliphatic heterocycles. The predicted molar refractivity (Wildman–Crippen MR) is 66.4 cm³/mol. The van der Waals surface area contributed by atoms with E-state index < -0.39 is 0 Å². The number of hydrogen-bond acceptors (Lipinski definition) is 5. The van der Waals surface area contributed by atoms with Crippen LogP contribution >= 0.6 is 0 Å². The number of likely N-dealkylation sites (N-methyl/N-ethyl adjacent to an activating group) is 1. The SMILES string of the molecule is CN(CCNCc1ncc[nH]c1=O)C(N)=NC#N. The second kappa shape index (κ2) is 7.03. The van der Waals surface area contributed by atoms with Crippen molar-refractivity contribution >= 4 is 5.96 Å². The van der Waals surface area contributed by atoms with Crippen molar-refractivity contribution in [3.63, 3.8) is 0 Å². The van der Waals surface area contributed by atoms with Gasteiger partial charge in [0.1, 0.15) is 5.69 Å². The first-order valence-corrected chi connectivity index (χ1v) is 5.32. The Labute approximate surface area is 104 Å². The van der Waals surface area contributed by atoms with Gasteiger partial charge in [-0.2, -0.15) is 5.26 Å². The van der Waals surface area contributed by atoms with Gasteiger partial charge in [0, 0.05) is 39.1 Å². The minimum Gasteiger partial charge on any atom is -0.369 e. The maximum atomic E-state index is 11.3. The van der Waals surface area contributed by atoms with Crippen LogP contribution in [0.5, 0.6) is 0 Å². The fraction of sp³-hybridized carbons (Fsp3) is 0.400. The van der Waals surface area contributed by atoms with E-state index in [9.17, 15) is 4.79 Å². The minimum absolute atomic E-state index is 0.162. The second-order valence-electron chi connectivity index (χ2n) is 3.53. The Morgan fingerprint density at radius 2 is 2.56 bits per heavy atom. The molecule has 1 aromatic rings. The minimum atomic E-state index is -0.205. The molecule has 0 radical (unpaired) electrons. The molecule has 0 amide bonds. The van der Waals surface area contributed by atoms with Crippen LogP contribution < -0.4 is 16.6 Å². The Morgan fingerprint density at radius 3 is 3.22 bits per heavy atom. The highest BCUT2D eigenvalue weighted by Crippen LogP contribution is 1.84. The highest BCUT2D eigenvalue weighted by atomic mass is 16.1. The van der Waals surface area contributed by atoms with Crippen LogP contribution in [0.25, 0.3) is 0 Å². The first kappa shape index (κ1) is 13.7. The number of H-pyrrole nitrogens is 1. The van der Waals surface area contributed by atoms with Crippen LogP contribution in [-0.2, 0) is 6.54 Å². The summed E-state index contributed by atoms with van der Waals surface area (Å²) in [5.41, 5.74) is 5.73. The van der Waals surface area contributed by atoms with Crippen LogP contribution in [0.4, 0.5) is 0 Å². The molecule has 18 heavy (non-hydrogen) atoms. The largest absolute Gasteiger partial charge is 0.369 e. The van der Waals surface area contributed by atoms with Crippen LogP contribution in [0.2, 0.25) is 0 Å². The molecule has 0 aliphatic rings. The van der Waals surface area contributed by atoms with Crippen LogP contribution in [-0.4, -0.2) is 41.0 Å². The molecular formula is C10H15N7O. The van der Waals surface area contributed by atoms with Gasteiger partial charge in [-0.05, 0) is 0 Å². The molecule has 8 nitrogen and oxygen atoms in total. The predicted octanol–water partition coefficient (Wildman–Crippen LogP) is -1.41. The van der Waals surface area contributed by atoms with E-state index in [1.165, 1.54) is 12.4 Å². The zero-order valence-corrected chi connectivity index (χ0v) is 10.1. The fourth-order valence-electron chi connectivity index (χ4n) is 1.21. The van der Waals surface area contributed by atoms with Gasteiger partial charge in [0.2, 0.25) is 12.2 Å². The van der Waals surface area contributed by atoms with E-state index in [0.29, 0.717) is 25.3 Å². The molecule has 8 heteroatoms. The van der Waals surface area contributed by atoms with Crippen LogP contribution in [0.3, 0.4) is 0 Å². The molecule has 96 valence electrons. The van der Waals surface area contributed by atoms with Crippen molar-refractivity contribution in [3.8, 4) is 6.19 Å². The fourth-order valence-corrected chi connectivity index (χ4v) is 1.21. The molecule has 1 heterocycles. The number of nitrogens with one attached hydrogen (secondary N) is 2. The molecule has 1 rings (SSSR count). The van der Waals surface area contributed by atoms with Crippen molar-refractivity contribution in [2.45, 2.75) is 6.54 Å². The zero-order valence-electron chi connectivity index (χ0n) is 10.1. The summed E-state index contributed by atoms with van der Waals surface area (Å²) < 4.78 is 0. The van der Waals surface area contributed by atoms with Crippen molar-refractivity contribution < 1.29 is 0 Å². The lowest BCUT2D eigenvalue weighted by atomic mass is 10.4. The lowest BCUT2D eigenvalue weighted by molar-refractivity contribution is 0.475. The highest BCUT2D eigenvalue weighted by Gasteiger charge is 2.02. The van der Waals surface area contributed by atoms with Crippen molar-refractivity contribution in [2.75, 3.05) is 20.1 Å². The number of aromatic amines is 1. The number of nitriles is 1. The molecular weight excluding hydrogens is 234 g/mol. The summed E-state index contributed by atoms with van der Waals surface area (Å²) in [4.78, 5) is 22.8. The summed E-state index contributed by atoms with van der Waals surface area (Å²) in [5, 5.41) is 11.4. The van der Waals surface area contributed by atoms with E-state index >= 15 is 0 Å². The molecule has 0 aromatic carbocycles. The van der Waals surface area contributed by atoms with Gasteiger partial charge < -0.3 is 20.9 Å².